The number of fused-ring (bicyclic) bond motifs is 1. The maximum absolute atomic E-state index is 12.4. The van der Waals surface area contributed by atoms with Crippen molar-refractivity contribution in [2.24, 2.45) is 11.3 Å². The van der Waals surface area contributed by atoms with Crippen molar-refractivity contribution < 1.29 is 4.79 Å². The molecule has 2 aliphatic heterocycles. The van der Waals surface area contributed by atoms with Crippen molar-refractivity contribution >= 4 is 5.91 Å². The number of likely N-dealkylation sites (tertiary alicyclic amines) is 2. The van der Waals surface area contributed by atoms with Crippen LogP contribution in [0.5, 0.6) is 0 Å². The molecule has 2 saturated heterocycles. The summed E-state index contributed by atoms with van der Waals surface area (Å²) < 4.78 is 0. The zero-order chi connectivity index (χ0) is 12.8. The number of hydrogen-bond donors (Lipinski definition) is 0. The molecular formula is C14H21N3O. The maximum atomic E-state index is 12.4. The fraction of sp³-hybridized carbons (Fsp3) is 0.857. The molecule has 1 aliphatic carbocycles. The third-order valence-electron chi connectivity index (χ3n) is 5.01. The van der Waals surface area contributed by atoms with Gasteiger partial charge in [0, 0.05) is 19.1 Å². The van der Waals surface area contributed by atoms with E-state index in [4.69, 9.17) is 5.26 Å². The number of piperidine rings is 2. The molecule has 0 aromatic rings. The Morgan fingerprint density at radius 3 is 2.78 bits per heavy atom. The molecule has 0 aromatic heterocycles. The summed E-state index contributed by atoms with van der Waals surface area (Å²) in [4.78, 5) is 16.8. The van der Waals surface area contributed by atoms with Crippen LogP contribution < -0.4 is 0 Å². The molecule has 98 valence electrons. The molecule has 0 aromatic carbocycles. The number of carbonyl (C=O) groups is 1. The minimum absolute atomic E-state index is 0.108. The van der Waals surface area contributed by atoms with Crippen molar-refractivity contribution in [2.75, 3.05) is 26.7 Å². The van der Waals surface area contributed by atoms with Gasteiger partial charge in [-0.15, -0.1) is 0 Å². The predicted molar refractivity (Wildman–Crippen MR) is 67.6 cm³/mol. The van der Waals surface area contributed by atoms with E-state index in [9.17, 15) is 4.79 Å². The Balaban J connectivity index is 1.67. The standard InChI is InChI=1S/C14H21N3O/c1-16-7-2-3-11-9-17(8-4-12(11)16)13(18)14(10-15)5-6-14/h11-12H,2-9H2,1H3. The molecule has 0 N–H and O–H groups in total. The van der Waals surface area contributed by atoms with Gasteiger partial charge in [-0.2, -0.15) is 5.26 Å². The SMILES string of the molecule is CN1CCCC2CN(C(=O)C3(C#N)CC3)CCC21. The molecule has 4 nitrogen and oxygen atoms in total. The lowest BCUT2D eigenvalue weighted by atomic mass is 9.83. The maximum Gasteiger partial charge on any atom is 0.243 e. The summed E-state index contributed by atoms with van der Waals surface area (Å²) in [5.74, 6) is 0.729. The van der Waals surface area contributed by atoms with E-state index in [0.717, 1.165) is 32.4 Å². The summed E-state index contributed by atoms with van der Waals surface area (Å²) in [5.41, 5.74) is -0.632. The molecule has 4 heteroatoms. The molecule has 18 heavy (non-hydrogen) atoms. The highest BCUT2D eigenvalue weighted by molar-refractivity contribution is 5.88. The van der Waals surface area contributed by atoms with Gasteiger partial charge < -0.3 is 9.80 Å². The minimum Gasteiger partial charge on any atom is -0.341 e. The van der Waals surface area contributed by atoms with Crippen LogP contribution in [-0.4, -0.2) is 48.4 Å². The van der Waals surface area contributed by atoms with Gasteiger partial charge in [-0.1, -0.05) is 0 Å². The van der Waals surface area contributed by atoms with E-state index in [1.54, 1.807) is 0 Å². The number of carbonyl (C=O) groups excluding carboxylic acids is 1. The van der Waals surface area contributed by atoms with Gasteiger partial charge >= 0.3 is 0 Å². The molecule has 0 bridgehead atoms. The van der Waals surface area contributed by atoms with Crippen molar-refractivity contribution in [3.63, 3.8) is 0 Å². The minimum atomic E-state index is -0.632. The highest BCUT2D eigenvalue weighted by Gasteiger charge is 2.53. The van der Waals surface area contributed by atoms with E-state index in [2.05, 4.69) is 18.0 Å². The van der Waals surface area contributed by atoms with Crippen molar-refractivity contribution in [1.82, 2.24) is 9.80 Å². The second-order valence-electron chi connectivity index (χ2n) is 6.18. The molecule has 3 fully saturated rings. The number of nitriles is 1. The predicted octanol–water partition coefficient (Wildman–Crippen LogP) is 1.23. The van der Waals surface area contributed by atoms with Gasteiger partial charge in [-0.25, -0.2) is 0 Å². The molecule has 0 radical (unpaired) electrons. The van der Waals surface area contributed by atoms with Crippen LogP contribution in [0.1, 0.15) is 32.1 Å². The molecule has 0 spiro atoms. The lowest BCUT2D eigenvalue weighted by Gasteiger charge is -2.46. The first-order valence-corrected chi connectivity index (χ1v) is 7.07. The third-order valence-corrected chi connectivity index (χ3v) is 5.01. The van der Waals surface area contributed by atoms with Crippen LogP contribution in [0.4, 0.5) is 0 Å². The van der Waals surface area contributed by atoms with E-state index >= 15 is 0 Å². The molecule has 1 amide bonds. The van der Waals surface area contributed by atoms with Crippen molar-refractivity contribution in [2.45, 2.75) is 38.1 Å². The zero-order valence-electron chi connectivity index (χ0n) is 11.1. The zero-order valence-corrected chi connectivity index (χ0v) is 11.1. The monoisotopic (exact) mass is 247 g/mol. The summed E-state index contributed by atoms with van der Waals surface area (Å²) in [6.07, 6.45) is 5.09. The van der Waals surface area contributed by atoms with Crippen molar-refractivity contribution in [3.05, 3.63) is 0 Å². The molecule has 2 heterocycles. The van der Waals surface area contributed by atoms with Crippen LogP contribution in [0.2, 0.25) is 0 Å². The Morgan fingerprint density at radius 2 is 2.11 bits per heavy atom. The van der Waals surface area contributed by atoms with Gasteiger partial charge in [0.2, 0.25) is 5.91 Å². The fourth-order valence-electron chi connectivity index (χ4n) is 3.64. The first kappa shape index (κ1) is 12.0. The second kappa shape index (κ2) is 4.24. The van der Waals surface area contributed by atoms with Gasteiger partial charge in [-0.3, -0.25) is 4.79 Å². The summed E-state index contributed by atoms with van der Waals surface area (Å²) >= 11 is 0. The van der Waals surface area contributed by atoms with E-state index in [0.29, 0.717) is 12.0 Å². The topological polar surface area (TPSA) is 47.3 Å². The van der Waals surface area contributed by atoms with Crippen LogP contribution in [0, 0.1) is 22.7 Å². The molecule has 1 saturated carbocycles. The Morgan fingerprint density at radius 1 is 1.33 bits per heavy atom. The Kier molecular flexibility index (Phi) is 2.82. The fourth-order valence-corrected chi connectivity index (χ4v) is 3.64. The van der Waals surface area contributed by atoms with E-state index in [1.807, 2.05) is 4.90 Å². The average molecular weight is 247 g/mol. The number of rotatable bonds is 1. The molecule has 3 aliphatic rings. The summed E-state index contributed by atoms with van der Waals surface area (Å²) in [5, 5.41) is 9.13. The lowest BCUT2D eigenvalue weighted by molar-refractivity contribution is -0.138. The van der Waals surface area contributed by atoms with Crippen LogP contribution in [0.15, 0.2) is 0 Å². The van der Waals surface area contributed by atoms with Crippen LogP contribution >= 0.6 is 0 Å². The van der Waals surface area contributed by atoms with E-state index in [-0.39, 0.29) is 5.91 Å². The second-order valence-corrected chi connectivity index (χ2v) is 6.18. The largest absolute Gasteiger partial charge is 0.341 e. The van der Waals surface area contributed by atoms with Crippen molar-refractivity contribution in [1.29, 1.82) is 5.26 Å². The van der Waals surface area contributed by atoms with Crippen LogP contribution in [-0.2, 0) is 4.79 Å². The summed E-state index contributed by atoms with van der Waals surface area (Å²) in [6.45, 7) is 2.91. The molecule has 2 unspecified atom stereocenters. The highest BCUT2D eigenvalue weighted by atomic mass is 16.2. The van der Waals surface area contributed by atoms with E-state index in [1.165, 1.54) is 19.4 Å². The normalized spacial score (nSPS) is 34.6. The first-order valence-electron chi connectivity index (χ1n) is 7.07. The molecule has 2 atom stereocenters. The van der Waals surface area contributed by atoms with Crippen molar-refractivity contribution in [3.8, 4) is 6.07 Å². The smallest absolute Gasteiger partial charge is 0.243 e. The first-order chi connectivity index (χ1) is 8.66. The number of hydrogen-bond acceptors (Lipinski definition) is 3. The number of nitrogens with zero attached hydrogens (tertiary/aromatic N) is 3. The summed E-state index contributed by atoms with van der Waals surface area (Å²) in [7, 11) is 2.20. The molecular weight excluding hydrogens is 226 g/mol. The van der Waals surface area contributed by atoms with Gasteiger partial charge in [0.05, 0.1) is 6.07 Å². The van der Waals surface area contributed by atoms with Gasteiger partial charge in [0.15, 0.2) is 0 Å². The Bertz CT molecular complexity index is 396. The van der Waals surface area contributed by atoms with Gasteiger partial charge in [-0.05, 0) is 51.6 Å². The van der Waals surface area contributed by atoms with Crippen LogP contribution in [0.25, 0.3) is 0 Å². The van der Waals surface area contributed by atoms with Gasteiger partial charge in [0.25, 0.3) is 0 Å². The quantitative estimate of drug-likeness (QED) is 0.700. The highest BCUT2D eigenvalue weighted by Crippen LogP contribution is 2.47. The summed E-state index contributed by atoms with van der Waals surface area (Å²) in [6, 6.07) is 2.88. The third kappa shape index (κ3) is 1.81. The lowest BCUT2D eigenvalue weighted by Crippen LogP contribution is -2.55. The van der Waals surface area contributed by atoms with Gasteiger partial charge in [0.1, 0.15) is 5.41 Å². The Labute approximate surface area is 109 Å². The molecule has 3 rings (SSSR count). The Hall–Kier alpha value is -1.08. The number of amides is 1. The van der Waals surface area contributed by atoms with E-state index < -0.39 is 5.41 Å². The average Bonchev–Trinajstić information content (AvgIpc) is 3.19. The van der Waals surface area contributed by atoms with Crippen LogP contribution in [0.3, 0.4) is 0 Å².